The highest BCUT2D eigenvalue weighted by molar-refractivity contribution is 7.89. The Hall–Kier alpha value is -2.74. The molecule has 1 N–H and O–H groups in total. The molecule has 0 aliphatic carbocycles. The second kappa shape index (κ2) is 9.18. The first-order valence-electron chi connectivity index (χ1n) is 10.2. The molecule has 1 aromatic heterocycles. The van der Waals surface area contributed by atoms with Crippen molar-refractivity contribution in [3.63, 3.8) is 0 Å². The van der Waals surface area contributed by atoms with E-state index in [9.17, 15) is 13.2 Å². The van der Waals surface area contributed by atoms with Crippen LogP contribution in [0.25, 0.3) is 10.2 Å². The third-order valence-electron chi connectivity index (χ3n) is 5.20. The van der Waals surface area contributed by atoms with E-state index in [1.54, 1.807) is 22.8 Å². The van der Waals surface area contributed by atoms with Gasteiger partial charge in [0.05, 0.1) is 21.7 Å². The summed E-state index contributed by atoms with van der Waals surface area (Å²) in [5.41, 5.74) is 2.95. The number of nitrogens with one attached hydrogen (secondary N) is 1. The Balaban J connectivity index is 1.51. The summed E-state index contributed by atoms with van der Waals surface area (Å²) in [5, 5.41) is 0. The van der Waals surface area contributed by atoms with E-state index in [-0.39, 0.29) is 15.8 Å². The van der Waals surface area contributed by atoms with Crippen LogP contribution in [0, 0.1) is 0 Å². The molecule has 0 saturated carbocycles. The van der Waals surface area contributed by atoms with Crippen LogP contribution in [-0.4, -0.2) is 19.0 Å². The zero-order valence-electron chi connectivity index (χ0n) is 17.2. The van der Waals surface area contributed by atoms with E-state index in [2.05, 4.69) is 4.72 Å². The maximum Gasteiger partial charge on any atom is 0.308 e. The predicted octanol–water partition coefficient (Wildman–Crippen LogP) is 4.41. The quantitative estimate of drug-likeness (QED) is 0.431. The molecule has 0 aliphatic heterocycles. The number of aryl methyl sites for hydroxylation is 1. The fourth-order valence-corrected chi connectivity index (χ4v) is 5.86. The van der Waals surface area contributed by atoms with Gasteiger partial charge in [-0.3, -0.25) is 9.36 Å². The average molecular weight is 453 g/mol. The lowest BCUT2D eigenvalue weighted by molar-refractivity contribution is 0.547. The van der Waals surface area contributed by atoms with Crippen molar-refractivity contribution in [2.45, 2.75) is 37.2 Å². The van der Waals surface area contributed by atoms with Crippen LogP contribution in [0.1, 0.15) is 24.5 Å². The van der Waals surface area contributed by atoms with Gasteiger partial charge in [0.15, 0.2) is 0 Å². The number of hydrogen-bond donors (Lipinski definition) is 1. The van der Waals surface area contributed by atoms with Crippen LogP contribution in [0.15, 0.2) is 88.6 Å². The molecule has 4 aromatic rings. The molecule has 5 nitrogen and oxygen atoms in total. The van der Waals surface area contributed by atoms with E-state index in [0.717, 1.165) is 28.8 Å². The van der Waals surface area contributed by atoms with E-state index in [0.29, 0.717) is 17.7 Å². The summed E-state index contributed by atoms with van der Waals surface area (Å²) in [7, 11) is -3.67. The van der Waals surface area contributed by atoms with Crippen molar-refractivity contribution in [3.8, 4) is 0 Å². The third-order valence-corrected chi connectivity index (χ3v) is 7.73. The van der Waals surface area contributed by atoms with E-state index < -0.39 is 10.0 Å². The molecular formula is C24H24N2O3S2. The molecule has 0 saturated heterocycles. The van der Waals surface area contributed by atoms with Gasteiger partial charge < -0.3 is 0 Å². The number of thiazole rings is 1. The maximum absolute atomic E-state index is 12.9. The van der Waals surface area contributed by atoms with E-state index >= 15 is 0 Å². The van der Waals surface area contributed by atoms with Crippen molar-refractivity contribution in [1.82, 2.24) is 9.29 Å². The molecule has 0 bridgehead atoms. The number of sulfonamides is 1. The summed E-state index contributed by atoms with van der Waals surface area (Å²) < 4.78 is 30.9. The molecule has 0 unspecified atom stereocenters. The van der Waals surface area contributed by atoms with Gasteiger partial charge in [0.25, 0.3) is 0 Å². The third kappa shape index (κ3) is 5.12. The molecule has 7 heteroatoms. The highest BCUT2D eigenvalue weighted by Gasteiger charge is 2.19. The van der Waals surface area contributed by atoms with Gasteiger partial charge in [-0.25, -0.2) is 13.1 Å². The second-order valence-corrected chi connectivity index (χ2v) is 10.3. The molecule has 0 spiro atoms. The van der Waals surface area contributed by atoms with Gasteiger partial charge in [0, 0.05) is 6.04 Å². The first-order valence-corrected chi connectivity index (χ1v) is 12.5. The standard InChI is InChI=1S/C24H24N2O3S2/c1-18(12-13-19-8-4-2-5-9-19)25-31(28,29)21-14-15-22-23(16-21)30-24(27)26(22)17-20-10-6-3-7-11-20/h2-11,14-16,18,25H,12-13,17H2,1H3/t18-/m1/s1. The van der Waals surface area contributed by atoms with Gasteiger partial charge in [0.1, 0.15) is 0 Å². The largest absolute Gasteiger partial charge is 0.308 e. The topological polar surface area (TPSA) is 68.2 Å². The fourth-order valence-electron chi connectivity index (χ4n) is 3.55. The summed E-state index contributed by atoms with van der Waals surface area (Å²) in [6.07, 6.45) is 1.50. The molecule has 3 aromatic carbocycles. The van der Waals surface area contributed by atoms with Crippen LogP contribution >= 0.6 is 11.3 Å². The van der Waals surface area contributed by atoms with Crippen molar-refractivity contribution in [2.24, 2.45) is 0 Å². The molecule has 0 aliphatic rings. The second-order valence-electron chi connectivity index (χ2n) is 7.62. The first-order chi connectivity index (χ1) is 14.9. The zero-order chi connectivity index (χ0) is 21.8. The molecule has 1 atom stereocenters. The van der Waals surface area contributed by atoms with Crippen LogP contribution < -0.4 is 9.60 Å². The van der Waals surface area contributed by atoms with Crippen molar-refractivity contribution in [3.05, 3.63) is 99.7 Å². The van der Waals surface area contributed by atoms with E-state index in [1.165, 1.54) is 5.56 Å². The summed E-state index contributed by atoms with van der Waals surface area (Å²) in [6, 6.07) is 24.4. The SMILES string of the molecule is C[C@H](CCc1ccccc1)NS(=O)(=O)c1ccc2c(c1)sc(=O)n2Cc1ccccc1. The number of hydrogen-bond acceptors (Lipinski definition) is 4. The monoisotopic (exact) mass is 452 g/mol. The number of benzene rings is 3. The Morgan fingerprint density at radius 3 is 2.26 bits per heavy atom. The molecule has 0 fully saturated rings. The summed E-state index contributed by atoms with van der Waals surface area (Å²) in [6.45, 7) is 2.33. The molecule has 160 valence electrons. The molecule has 0 amide bonds. The van der Waals surface area contributed by atoms with Crippen molar-refractivity contribution >= 4 is 31.6 Å². The van der Waals surface area contributed by atoms with Crippen molar-refractivity contribution in [2.75, 3.05) is 0 Å². The lowest BCUT2D eigenvalue weighted by Crippen LogP contribution is -2.32. The Kier molecular flexibility index (Phi) is 6.36. The minimum atomic E-state index is -3.67. The molecule has 31 heavy (non-hydrogen) atoms. The van der Waals surface area contributed by atoms with E-state index in [4.69, 9.17) is 0 Å². The maximum atomic E-state index is 12.9. The molecule has 1 heterocycles. The van der Waals surface area contributed by atoms with Gasteiger partial charge in [-0.15, -0.1) is 0 Å². The van der Waals surface area contributed by atoms with E-state index in [1.807, 2.05) is 67.6 Å². The minimum Gasteiger partial charge on any atom is -0.294 e. The Morgan fingerprint density at radius 2 is 1.58 bits per heavy atom. The van der Waals surface area contributed by atoms with Gasteiger partial charge in [0.2, 0.25) is 10.0 Å². The van der Waals surface area contributed by atoms with Gasteiger partial charge in [-0.2, -0.15) is 0 Å². The average Bonchev–Trinajstić information content (AvgIpc) is 3.08. The number of fused-ring (bicyclic) bond motifs is 1. The lowest BCUT2D eigenvalue weighted by Gasteiger charge is -2.14. The van der Waals surface area contributed by atoms with Gasteiger partial charge in [-0.05, 0) is 49.1 Å². The normalized spacial score (nSPS) is 12.8. The van der Waals surface area contributed by atoms with Crippen molar-refractivity contribution in [1.29, 1.82) is 0 Å². The fraction of sp³-hybridized carbons (Fsp3) is 0.208. The summed E-state index contributed by atoms with van der Waals surface area (Å²) in [5.74, 6) is 0. The smallest absolute Gasteiger partial charge is 0.294 e. The lowest BCUT2D eigenvalue weighted by atomic mass is 10.1. The zero-order valence-corrected chi connectivity index (χ0v) is 18.8. The highest BCUT2D eigenvalue weighted by atomic mass is 32.2. The molecular weight excluding hydrogens is 428 g/mol. The predicted molar refractivity (Wildman–Crippen MR) is 126 cm³/mol. The van der Waals surface area contributed by atoms with Crippen LogP contribution in [0.3, 0.4) is 0 Å². The Labute approximate surface area is 186 Å². The number of nitrogens with zero attached hydrogens (tertiary/aromatic N) is 1. The Morgan fingerprint density at radius 1 is 0.935 bits per heavy atom. The van der Waals surface area contributed by atoms with Gasteiger partial charge >= 0.3 is 4.87 Å². The van der Waals surface area contributed by atoms with Crippen molar-refractivity contribution < 1.29 is 8.42 Å². The summed E-state index contributed by atoms with van der Waals surface area (Å²) in [4.78, 5) is 12.6. The highest BCUT2D eigenvalue weighted by Crippen LogP contribution is 2.23. The van der Waals surface area contributed by atoms with Crippen LogP contribution in [-0.2, 0) is 23.0 Å². The first kappa shape index (κ1) is 21.5. The Bertz CT molecular complexity index is 1330. The molecule has 4 rings (SSSR count). The minimum absolute atomic E-state index is 0.0995. The summed E-state index contributed by atoms with van der Waals surface area (Å²) >= 11 is 1.07. The van der Waals surface area contributed by atoms with Gasteiger partial charge in [-0.1, -0.05) is 72.0 Å². The number of aromatic nitrogens is 1. The van der Waals surface area contributed by atoms with Crippen LogP contribution in [0.5, 0.6) is 0 Å². The van der Waals surface area contributed by atoms with Crippen LogP contribution in [0.2, 0.25) is 0 Å². The molecule has 0 radical (unpaired) electrons. The van der Waals surface area contributed by atoms with Crippen LogP contribution in [0.4, 0.5) is 0 Å². The number of rotatable bonds is 8.